The van der Waals surface area contributed by atoms with Crippen molar-refractivity contribution < 1.29 is 18.8 Å². The highest BCUT2D eigenvalue weighted by Crippen LogP contribution is 2.23. The number of carbonyl (C=O) groups is 1. The Morgan fingerprint density at radius 1 is 1.18 bits per heavy atom. The molecule has 1 heterocycles. The summed E-state index contributed by atoms with van der Waals surface area (Å²) in [5.41, 5.74) is 0.640. The number of rotatable bonds is 6. The summed E-state index contributed by atoms with van der Waals surface area (Å²) in [5, 5.41) is 13.4. The number of ether oxygens (including phenoxy) is 1. The first-order valence-corrected chi connectivity index (χ1v) is 8.40. The number of carbonyl (C=O) groups excluding carboxylic acids is 1. The fraction of sp³-hybridized carbons (Fsp3) is 0.0526. The van der Waals surface area contributed by atoms with Crippen LogP contribution in [-0.4, -0.2) is 15.8 Å². The highest BCUT2D eigenvalue weighted by Gasteiger charge is 2.15. The molecule has 7 nitrogen and oxygen atoms in total. The van der Waals surface area contributed by atoms with Crippen molar-refractivity contribution in [3.63, 3.8) is 0 Å². The normalized spacial score (nSPS) is 10.4. The van der Waals surface area contributed by atoms with Gasteiger partial charge in [-0.2, -0.15) is 0 Å². The highest BCUT2D eigenvalue weighted by molar-refractivity contribution is 6.34. The molecule has 2 aromatic carbocycles. The maximum atomic E-state index is 12.9. The number of halogens is 2. The number of aromatic nitrogens is 1. The Labute approximate surface area is 163 Å². The minimum absolute atomic E-state index is 0.0123. The molecule has 0 spiro atoms. The summed E-state index contributed by atoms with van der Waals surface area (Å²) >= 11 is 5.95. The first kappa shape index (κ1) is 19.2. The molecule has 0 saturated carbocycles. The zero-order chi connectivity index (χ0) is 20.1. The number of nitrogens with one attached hydrogen (secondary N) is 1. The van der Waals surface area contributed by atoms with Gasteiger partial charge in [-0.15, -0.1) is 0 Å². The molecule has 1 aromatic heterocycles. The lowest BCUT2D eigenvalue weighted by Crippen LogP contribution is -2.23. The van der Waals surface area contributed by atoms with E-state index in [9.17, 15) is 19.3 Å². The Balaban J connectivity index is 1.65. The van der Waals surface area contributed by atoms with Crippen molar-refractivity contribution >= 4 is 23.2 Å². The van der Waals surface area contributed by atoms with Gasteiger partial charge in [0.25, 0.3) is 11.6 Å². The predicted molar refractivity (Wildman–Crippen MR) is 100.0 cm³/mol. The van der Waals surface area contributed by atoms with Gasteiger partial charge in [-0.05, 0) is 42.0 Å². The molecule has 3 aromatic rings. The summed E-state index contributed by atoms with van der Waals surface area (Å²) in [6, 6.07) is 12.4. The van der Waals surface area contributed by atoms with Gasteiger partial charge in [0.15, 0.2) is 0 Å². The fourth-order valence-electron chi connectivity index (χ4n) is 2.32. The smallest absolute Gasteiger partial charge is 0.270 e. The van der Waals surface area contributed by atoms with Crippen molar-refractivity contribution in [2.24, 2.45) is 0 Å². The molecule has 0 fully saturated rings. The SMILES string of the molecule is O=C(NCc1ccnc(Oc2ccc(F)cc2)c1)c1ccc([N+](=O)[O-])cc1Cl. The molecule has 0 atom stereocenters. The summed E-state index contributed by atoms with van der Waals surface area (Å²) in [7, 11) is 0. The summed E-state index contributed by atoms with van der Waals surface area (Å²) in [6.07, 6.45) is 1.51. The Morgan fingerprint density at radius 2 is 1.93 bits per heavy atom. The topological polar surface area (TPSA) is 94.4 Å². The van der Waals surface area contributed by atoms with Crippen LogP contribution in [0.4, 0.5) is 10.1 Å². The molecule has 1 amide bonds. The van der Waals surface area contributed by atoms with Crippen LogP contribution < -0.4 is 10.1 Å². The van der Waals surface area contributed by atoms with Crippen LogP contribution in [0.1, 0.15) is 15.9 Å². The zero-order valence-corrected chi connectivity index (χ0v) is 15.0. The van der Waals surface area contributed by atoms with Crippen LogP contribution in [-0.2, 0) is 6.54 Å². The number of hydrogen-bond donors (Lipinski definition) is 1. The lowest BCUT2D eigenvalue weighted by atomic mass is 10.2. The summed E-state index contributed by atoms with van der Waals surface area (Å²) in [4.78, 5) is 26.5. The third kappa shape index (κ3) is 4.80. The number of nitro benzene ring substituents is 1. The number of nitrogens with zero attached hydrogens (tertiary/aromatic N) is 2. The third-order valence-corrected chi connectivity index (χ3v) is 4.01. The molecule has 0 aliphatic rings. The van der Waals surface area contributed by atoms with E-state index in [1.165, 1.54) is 42.6 Å². The van der Waals surface area contributed by atoms with Crippen LogP contribution in [0.3, 0.4) is 0 Å². The third-order valence-electron chi connectivity index (χ3n) is 3.70. The maximum absolute atomic E-state index is 12.9. The quantitative estimate of drug-likeness (QED) is 0.484. The first-order valence-electron chi connectivity index (χ1n) is 8.03. The van der Waals surface area contributed by atoms with Crippen molar-refractivity contribution in [2.45, 2.75) is 6.54 Å². The van der Waals surface area contributed by atoms with E-state index in [4.69, 9.17) is 16.3 Å². The van der Waals surface area contributed by atoms with Crippen LogP contribution in [0.5, 0.6) is 11.6 Å². The molecule has 3 rings (SSSR count). The van der Waals surface area contributed by atoms with E-state index in [1.807, 2.05) is 0 Å². The van der Waals surface area contributed by atoms with E-state index in [2.05, 4.69) is 10.3 Å². The molecular weight excluding hydrogens is 389 g/mol. The second-order valence-electron chi connectivity index (χ2n) is 5.66. The molecule has 0 bridgehead atoms. The zero-order valence-electron chi connectivity index (χ0n) is 14.3. The maximum Gasteiger partial charge on any atom is 0.270 e. The van der Waals surface area contributed by atoms with E-state index >= 15 is 0 Å². The molecular formula is C19H13ClFN3O4. The van der Waals surface area contributed by atoms with E-state index in [1.54, 1.807) is 12.1 Å². The lowest BCUT2D eigenvalue weighted by Gasteiger charge is -2.09. The number of amides is 1. The van der Waals surface area contributed by atoms with Gasteiger partial charge < -0.3 is 10.1 Å². The van der Waals surface area contributed by atoms with Gasteiger partial charge in [-0.25, -0.2) is 9.37 Å². The number of nitro groups is 1. The highest BCUT2D eigenvalue weighted by atomic mass is 35.5. The van der Waals surface area contributed by atoms with E-state index in [0.717, 1.165) is 6.07 Å². The van der Waals surface area contributed by atoms with Crippen LogP contribution in [0.15, 0.2) is 60.8 Å². The lowest BCUT2D eigenvalue weighted by molar-refractivity contribution is -0.384. The molecule has 0 aliphatic heterocycles. The minimum Gasteiger partial charge on any atom is -0.439 e. The van der Waals surface area contributed by atoms with Crippen LogP contribution in [0.2, 0.25) is 5.02 Å². The fourth-order valence-corrected chi connectivity index (χ4v) is 2.58. The Morgan fingerprint density at radius 3 is 2.61 bits per heavy atom. The molecule has 0 unspecified atom stereocenters. The Hall–Kier alpha value is -3.52. The van der Waals surface area contributed by atoms with Gasteiger partial charge in [-0.3, -0.25) is 14.9 Å². The summed E-state index contributed by atoms with van der Waals surface area (Å²) in [5.74, 6) is -0.140. The van der Waals surface area contributed by atoms with Crippen molar-refractivity contribution in [2.75, 3.05) is 0 Å². The molecule has 9 heteroatoms. The molecule has 0 aliphatic carbocycles. The second kappa shape index (κ2) is 8.45. The van der Waals surface area contributed by atoms with Gasteiger partial charge in [0, 0.05) is 30.9 Å². The predicted octanol–water partition coefficient (Wildman–Crippen LogP) is 4.50. The number of hydrogen-bond acceptors (Lipinski definition) is 5. The molecule has 28 heavy (non-hydrogen) atoms. The van der Waals surface area contributed by atoms with Crippen molar-refractivity contribution in [1.29, 1.82) is 0 Å². The van der Waals surface area contributed by atoms with Crippen molar-refractivity contribution in [3.8, 4) is 11.6 Å². The molecule has 142 valence electrons. The van der Waals surface area contributed by atoms with Crippen LogP contribution in [0.25, 0.3) is 0 Å². The molecule has 0 radical (unpaired) electrons. The van der Waals surface area contributed by atoms with Crippen molar-refractivity contribution in [3.05, 3.63) is 92.9 Å². The first-order chi connectivity index (χ1) is 13.4. The average Bonchev–Trinajstić information content (AvgIpc) is 2.68. The average molecular weight is 402 g/mol. The van der Waals surface area contributed by atoms with E-state index < -0.39 is 10.8 Å². The standard InChI is InChI=1S/C19H13ClFN3O4/c20-17-10-14(24(26)27)3-6-16(17)19(25)23-11-12-7-8-22-18(9-12)28-15-4-1-13(21)2-5-15/h1-10H,11H2,(H,23,25). The van der Waals surface area contributed by atoms with Crippen molar-refractivity contribution in [1.82, 2.24) is 10.3 Å². The number of pyridine rings is 1. The minimum atomic E-state index is -0.590. The monoisotopic (exact) mass is 401 g/mol. The van der Waals surface area contributed by atoms with Gasteiger partial charge >= 0.3 is 0 Å². The molecule has 0 saturated heterocycles. The van der Waals surface area contributed by atoms with Gasteiger partial charge in [-0.1, -0.05) is 11.6 Å². The summed E-state index contributed by atoms with van der Waals surface area (Å²) < 4.78 is 18.5. The largest absolute Gasteiger partial charge is 0.439 e. The second-order valence-corrected chi connectivity index (χ2v) is 6.07. The van der Waals surface area contributed by atoms with E-state index in [0.29, 0.717) is 11.3 Å². The van der Waals surface area contributed by atoms with Gasteiger partial charge in [0.1, 0.15) is 11.6 Å². The Kier molecular flexibility index (Phi) is 5.81. The summed E-state index contributed by atoms with van der Waals surface area (Å²) in [6.45, 7) is 0.161. The molecule has 1 N–H and O–H groups in total. The van der Waals surface area contributed by atoms with Crippen LogP contribution in [0, 0.1) is 15.9 Å². The Bertz CT molecular complexity index is 1030. The van der Waals surface area contributed by atoms with Gasteiger partial charge in [0.05, 0.1) is 15.5 Å². The van der Waals surface area contributed by atoms with Crippen LogP contribution >= 0.6 is 11.6 Å². The van der Waals surface area contributed by atoms with Gasteiger partial charge in [0.2, 0.25) is 5.88 Å². The van der Waals surface area contributed by atoms with E-state index in [-0.39, 0.29) is 34.5 Å². The number of non-ortho nitro benzene ring substituents is 1. The number of benzene rings is 2.